The fourth-order valence-corrected chi connectivity index (χ4v) is 4.70. The highest BCUT2D eigenvalue weighted by atomic mass is 19.4. The highest BCUT2D eigenvalue weighted by Gasteiger charge is 2.48. The molecule has 3 N–H and O–H groups in total. The van der Waals surface area contributed by atoms with Crippen molar-refractivity contribution in [3.8, 4) is 11.3 Å². The van der Waals surface area contributed by atoms with Gasteiger partial charge in [0.25, 0.3) is 0 Å². The molecule has 2 amide bonds. The van der Waals surface area contributed by atoms with Crippen LogP contribution >= 0.6 is 0 Å². The summed E-state index contributed by atoms with van der Waals surface area (Å²) in [5, 5.41) is 2.94. The van der Waals surface area contributed by atoms with Crippen molar-refractivity contribution in [2.24, 2.45) is 5.73 Å². The Kier molecular flexibility index (Phi) is 5.24. The van der Waals surface area contributed by atoms with Gasteiger partial charge >= 0.3 is 12.2 Å². The van der Waals surface area contributed by atoms with E-state index in [-0.39, 0.29) is 6.03 Å². The molecule has 34 heavy (non-hydrogen) atoms. The molecule has 0 spiro atoms. The topological polar surface area (TPSA) is 74.5 Å². The van der Waals surface area contributed by atoms with Gasteiger partial charge in [0.2, 0.25) is 0 Å². The fourth-order valence-electron chi connectivity index (χ4n) is 4.70. The van der Waals surface area contributed by atoms with Crippen molar-refractivity contribution in [1.29, 1.82) is 0 Å². The molecule has 2 aliphatic rings. The minimum absolute atomic E-state index is 0.334. The van der Waals surface area contributed by atoms with Crippen LogP contribution in [-0.4, -0.2) is 29.6 Å². The summed E-state index contributed by atoms with van der Waals surface area (Å²) in [7, 11) is 0. The molecule has 0 radical (unpaired) electrons. The standard InChI is InChI=1S/C25H24F3N5O/c1-24-11-12-32(15-24)21-10-9-20(17-3-2-4-18(13-17)25(26,27)28)31-22(21)33(24)23(34)30-19-7-5-16(14-29)6-8-19/h2-10,13H,11-12,14-15,29H2,1H3,(H,30,34)/t24-/m0/s1. The molecule has 9 heteroatoms. The predicted octanol–water partition coefficient (Wildman–Crippen LogP) is 5.25. The summed E-state index contributed by atoms with van der Waals surface area (Å²) >= 11 is 0. The van der Waals surface area contributed by atoms with Gasteiger partial charge in [0.1, 0.15) is 0 Å². The Balaban J connectivity index is 1.53. The summed E-state index contributed by atoms with van der Waals surface area (Å²) in [5.41, 5.74) is 7.51. The first-order valence-electron chi connectivity index (χ1n) is 11.0. The molecule has 2 aliphatic heterocycles. The quantitative estimate of drug-likeness (QED) is 0.552. The Morgan fingerprint density at radius 2 is 1.91 bits per heavy atom. The first-order valence-corrected chi connectivity index (χ1v) is 11.0. The number of urea groups is 1. The van der Waals surface area contributed by atoms with Gasteiger partial charge in [-0.15, -0.1) is 0 Å². The number of hydrogen-bond acceptors (Lipinski definition) is 4. The van der Waals surface area contributed by atoms with Gasteiger partial charge in [0, 0.05) is 30.9 Å². The van der Waals surface area contributed by atoms with Crippen LogP contribution in [0.5, 0.6) is 0 Å². The van der Waals surface area contributed by atoms with Gasteiger partial charge in [-0.3, -0.25) is 4.90 Å². The number of carbonyl (C=O) groups is 1. The molecule has 1 aromatic heterocycles. The molecule has 2 bridgehead atoms. The van der Waals surface area contributed by atoms with Gasteiger partial charge in [-0.05, 0) is 55.3 Å². The highest BCUT2D eigenvalue weighted by molar-refractivity contribution is 6.05. The number of halogens is 3. The van der Waals surface area contributed by atoms with Crippen LogP contribution in [0.2, 0.25) is 0 Å². The van der Waals surface area contributed by atoms with E-state index in [1.54, 1.807) is 29.2 Å². The van der Waals surface area contributed by atoms with Gasteiger partial charge in [0.15, 0.2) is 5.82 Å². The third-order valence-electron chi connectivity index (χ3n) is 6.53. The number of aromatic nitrogens is 1. The van der Waals surface area contributed by atoms with Crippen LogP contribution in [0.1, 0.15) is 24.5 Å². The van der Waals surface area contributed by atoms with E-state index in [1.165, 1.54) is 6.07 Å². The maximum Gasteiger partial charge on any atom is 0.416 e. The number of nitrogens with two attached hydrogens (primary N) is 1. The maximum absolute atomic E-state index is 13.5. The summed E-state index contributed by atoms with van der Waals surface area (Å²) in [6, 6.07) is 15.6. The number of amides is 2. The summed E-state index contributed by atoms with van der Waals surface area (Å²) in [4.78, 5) is 22.0. The molecule has 0 aliphatic carbocycles. The number of alkyl halides is 3. The second kappa shape index (κ2) is 8.02. The second-order valence-electron chi connectivity index (χ2n) is 8.95. The van der Waals surface area contributed by atoms with E-state index < -0.39 is 17.3 Å². The van der Waals surface area contributed by atoms with E-state index in [2.05, 4.69) is 10.2 Å². The molecule has 6 nitrogen and oxygen atoms in total. The van der Waals surface area contributed by atoms with Crippen LogP contribution in [-0.2, 0) is 12.7 Å². The first-order chi connectivity index (χ1) is 16.2. The van der Waals surface area contributed by atoms with E-state index in [9.17, 15) is 18.0 Å². The second-order valence-corrected chi connectivity index (χ2v) is 8.95. The van der Waals surface area contributed by atoms with Crippen molar-refractivity contribution < 1.29 is 18.0 Å². The Labute approximate surface area is 195 Å². The van der Waals surface area contributed by atoms with Crippen LogP contribution in [0.25, 0.3) is 11.3 Å². The van der Waals surface area contributed by atoms with Crippen molar-refractivity contribution in [1.82, 2.24) is 4.98 Å². The number of anilines is 3. The Hall–Kier alpha value is -3.59. The number of carbonyl (C=O) groups excluding carboxylic acids is 1. The Bertz CT molecular complexity index is 1240. The van der Waals surface area contributed by atoms with Crippen molar-refractivity contribution >= 4 is 23.2 Å². The largest absolute Gasteiger partial charge is 0.416 e. The zero-order chi connectivity index (χ0) is 24.1. The van der Waals surface area contributed by atoms with E-state index >= 15 is 0 Å². The Morgan fingerprint density at radius 3 is 2.62 bits per heavy atom. The zero-order valence-corrected chi connectivity index (χ0v) is 18.6. The predicted molar refractivity (Wildman–Crippen MR) is 126 cm³/mol. The maximum atomic E-state index is 13.5. The number of benzene rings is 2. The molecule has 1 saturated heterocycles. The zero-order valence-electron chi connectivity index (χ0n) is 18.6. The lowest BCUT2D eigenvalue weighted by Gasteiger charge is -2.42. The van der Waals surface area contributed by atoms with Crippen molar-refractivity contribution in [3.05, 3.63) is 71.8 Å². The Morgan fingerprint density at radius 1 is 1.15 bits per heavy atom. The number of nitrogens with zero attached hydrogens (tertiary/aromatic N) is 3. The molecule has 5 rings (SSSR count). The molecular weight excluding hydrogens is 443 g/mol. The molecule has 1 atom stereocenters. The lowest BCUT2D eigenvalue weighted by molar-refractivity contribution is -0.137. The summed E-state index contributed by atoms with van der Waals surface area (Å²) in [6.07, 6.45) is -3.70. The van der Waals surface area contributed by atoms with Gasteiger partial charge in [0.05, 0.1) is 22.5 Å². The normalized spacial score (nSPS) is 19.2. The van der Waals surface area contributed by atoms with Crippen LogP contribution in [0.3, 0.4) is 0 Å². The molecule has 0 saturated carbocycles. The van der Waals surface area contributed by atoms with Crippen LogP contribution in [0.15, 0.2) is 60.7 Å². The van der Waals surface area contributed by atoms with Crippen molar-refractivity contribution in [2.75, 3.05) is 28.2 Å². The fraction of sp³-hybridized carbons (Fsp3) is 0.280. The summed E-state index contributed by atoms with van der Waals surface area (Å²) in [6.45, 7) is 3.84. The number of pyridine rings is 1. The lowest BCUT2D eigenvalue weighted by atomic mass is 9.97. The molecule has 3 heterocycles. The number of nitrogens with one attached hydrogen (secondary N) is 1. The first kappa shape index (κ1) is 22.2. The number of fused-ring (bicyclic) bond motifs is 4. The van der Waals surface area contributed by atoms with E-state index in [0.29, 0.717) is 35.9 Å². The smallest absolute Gasteiger partial charge is 0.366 e. The average molecular weight is 467 g/mol. The van der Waals surface area contributed by atoms with E-state index in [4.69, 9.17) is 10.7 Å². The third-order valence-corrected chi connectivity index (χ3v) is 6.53. The van der Waals surface area contributed by atoms with Gasteiger partial charge in [-0.2, -0.15) is 13.2 Å². The monoisotopic (exact) mass is 467 g/mol. The van der Waals surface area contributed by atoms with E-state index in [1.807, 2.05) is 25.1 Å². The van der Waals surface area contributed by atoms with Crippen molar-refractivity contribution in [3.63, 3.8) is 0 Å². The summed E-state index contributed by atoms with van der Waals surface area (Å²) in [5.74, 6) is 0.442. The van der Waals surface area contributed by atoms with E-state index in [0.717, 1.165) is 36.3 Å². The molecule has 0 unspecified atom stereocenters. The minimum Gasteiger partial charge on any atom is -0.366 e. The molecule has 3 aromatic rings. The highest BCUT2D eigenvalue weighted by Crippen LogP contribution is 2.45. The third kappa shape index (κ3) is 3.86. The number of hydrogen-bond donors (Lipinski definition) is 2. The average Bonchev–Trinajstić information content (AvgIpc) is 3.16. The molecule has 2 aromatic carbocycles. The van der Waals surface area contributed by atoms with Crippen LogP contribution in [0, 0.1) is 0 Å². The van der Waals surface area contributed by atoms with Crippen LogP contribution < -0.4 is 20.9 Å². The lowest BCUT2D eigenvalue weighted by Crippen LogP contribution is -2.56. The molecule has 176 valence electrons. The van der Waals surface area contributed by atoms with Gasteiger partial charge in [-0.25, -0.2) is 9.78 Å². The van der Waals surface area contributed by atoms with Gasteiger partial charge in [-0.1, -0.05) is 24.3 Å². The molecule has 1 fully saturated rings. The van der Waals surface area contributed by atoms with Gasteiger partial charge < -0.3 is 16.0 Å². The minimum atomic E-state index is -4.45. The summed E-state index contributed by atoms with van der Waals surface area (Å²) < 4.78 is 39.7. The van der Waals surface area contributed by atoms with Crippen molar-refractivity contribution in [2.45, 2.75) is 31.6 Å². The SMILES string of the molecule is C[C@]12CCN(C1)c1ccc(-c3cccc(C(F)(F)F)c3)nc1N2C(=O)Nc1ccc(CN)cc1. The molecular formula is C25H24F3N5O. The number of rotatable bonds is 3. The van der Waals surface area contributed by atoms with Crippen LogP contribution in [0.4, 0.5) is 35.2 Å².